The lowest BCUT2D eigenvalue weighted by atomic mass is 10.2. The number of hydrogen-bond acceptors (Lipinski definition) is 8. The van der Waals surface area contributed by atoms with Gasteiger partial charge in [-0.1, -0.05) is 30.0 Å². The summed E-state index contributed by atoms with van der Waals surface area (Å²) < 4.78 is 12.1. The maximum atomic E-state index is 12.8. The van der Waals surface area contributed by atoms with Crippen molar-refractivity contribution in [2.45, 2.75) is 0 Å². The van der Waals surface area contributed by atoms with E-state index in [0.29, 0.717) is 39.4 Å². The second-order valence-electron chi connectivity index (χ2n) is 6.74. The number of amides is 2. The number of benzene rings is 2. The van der Waals surface area contributed by atoms with Crippen LogP contribution in [0.1, 0.15) is 15.9 Å². The summed E-state index contributed by atoms with van der Waals surface area (Å²) in [4.78, 5) is 31.5. The van der Waals surface area contributed by atoms with Crippen LogP contribution >= 0.6 is 35.3 Å². The lowest BCUT2D eigenvalue weighted by Gasteiger charge is -2.14. The smallest absolute Gasteiger partial charge is 0.266 e. The molecule has 2 aromatic carbocycles. The highest BCUT2D eigenvalue weighted by Crippen LogP contribution is 2.36. The zero-order chi connectivity index (χ0) is 21.4. The highest BCUT2D eigenvalue weighted by molar-refractivity contribution is 8.26. The van der Waals surface area contributed by atoms with E-state index in [-0.39, 0.29) is 18.6 Å². The van der Waals surface area contributed by atoms with Crippen LogP contribution < -0.4 is 14.8 Å². The van der Waals surface area contributed by atoms with E-state index in [4.69, 9.17) is 21.7 Å². The van der Waals surface area contributed by atoms with Crippen molar-refractivity contribution in [1.29, 1.82) is 0 Å². The monoisotopic (exact) mass is 469 g/mol. The minimum atomic E-state index is -0.198. The fourth-order valence-corrected chi connectivity index (χ4v) is 5.25. The van der Waals surface area contributed by atoms with Crippen molar-refractivity contribution in [3.05, 3.63) is 57.9 Å². The third-order valence-corrected chi connectivity index (χ3v) is 6.95. The molecule has 0 unspecified atom stereocenters. The number of fused-ring (bicyclic) bond motifs is 2. The largest absolute Gasteiger partial charge is 0.454 e. The molecule has 2 aliphatic heterocycles. The molecule has 3 heterocycles. The first kappa shape index (κ1) is 20.0. The van der Waals surface area contributed by atoms with Gasteiger partial charge in [-0.25, -0.2) is 4.98 Å². The summed E-state index contributed by atoms with van der Waals surface area (Å²) in [5.74, 6) is 0.975. The Hall–Kier alpha value is -2.95. The maximum absolute atomic E-state index is 12.8. The first-order valence-corrected chi connectivity index (χ1v) is 11.5. The first-order chi connectivity index (χ1) is 15.1. The van der Waals surface area contributed by atoms with Gasteiger partial charge in [0.25, 0.3) is 11.8 Å². The summed E-state index contributed by atoms with van der Waals surface area (Å²) in [6, 6.07) is 10.9. The van der Waals surface area contributed by atoms with Crippen molar-refractivity contribution < 1.29 is 19.1 Å². The van der Waals surface area contributed by atoms with E-state index in [0.717, 1.165) is 15.8 Å². The van der Waals surface area contributed by atoms with E-state index >= 15 is 0 Å². The molecule has 0 spiro atoms. The summed E-state index contributed by atoms with van der Waals surface area (Å²) in [6.45, 7) is 0.797. The summed E-state index contributed by atoms with van der Waals surface area (Å²) >= 11 is 8.10. The molecule has 2 amide bonds. The highest BCUT2D eigenvalue weighted by Gasteiger charge is 2.31. The van der Waals surface area contributed by atoms with Crippen LogP contribution in [-0.4, -0.2) is 45.9 Å². The zero-order valence-corrected chi connectivity index (χ0v) is 18.4. The Morgan fingerprint density at radius 3 is 3.00 bits per heavy atom. The number of ether oxygens (including phenoxy) is 2. The molecule has 0 atom stereocenters. The molecule has 156 valence electrons. The number of hydrogen-bond donors (Lipinski definition) is 1. The fraction of sp³-hybridized carbons (Fsp3) is 0.143. The van der Waals surface area contributed by atoms with Crippen molar-refractivity contribution in [3.8, 4) is 11.5 Å². The fourth-order valence-electron chi connectivity index (χ4n) is 3.23. The maximum Gasteiger partial charge on any atom is 0.266 e. The second-order valence-corrected chi connectivity index (χ2v) is 9.30. The number of thiocarbonyl (C=S) groups is 1. The number of rotatable bonds is 5. The molecule has 0 saturated carbocycles. The molecule has 7 nitrogen and oxygen atoms in total. The van der Waals surface area contributed by atoms with Crippen LogP contribution in [0.25, 0.3) is 16.3 Å². The minimum Gasteiger partial charge on any atom is -0.454 e. The van der Waals surface area contributed by atoms with Gasteiger partial charge in [-0.3, -0.25) is 14.5 Å². The van der Waals surface area contributed by atoms with E-state index < -0.39 is 0 Å². The Morgan fingerprint density at radius 1 is 1.23 bits per heavy atom. The number of thiazole rings is 1. The number of thioether (sulfide) groups is 1. The quantitative estimate of drug-likeness (QED) is 0.451. The predicted molar refractivity (Wildman–Crippen MR) is 124 cm³/mol. The number of nitrogens with one attached hydrogen (secondary N) is 1. The lowest BCUT2D eigenvalue weighted by molar-refractivity contribution is -0.122. The van der Waals surface area contributed by atoms with E-state index in [1.165, 1.54) is 28.0 Å². The van der Waals surface area contributed by atoms with Gasteiger partial charge in [0.2, 0.25) is 6.79 Å². The molecule has 10 heteroatoms. The van der Waals surface area contributed by atoms with Crippen LogP contribution in [-0.2, 0) is 4.79 Å². The predicted octanol–water partition coefficient (Wildman–Crippen LogP) is 3.66. The van der Waals surface area contributed by atoms with Gasteiger partial charge in [0.05, 0.1) is 20.6 Å². The number of carbonyl (C=O) groups is 2. The zero-order valence-electron chi connectivity index (χ0n) is 16.0. The molecule has 1 N–H and O–H groups in total. The van der Waals surface area contributed by atoms with E-state index in [1.807, 2.05) is 30.3 Å². The van der Waals surface area contributed by atoms with Crippen LogP contribution in [0.4, 0.5) is 0 Å². The SMILES string of the molecule is O=C(NCCN1C(=O)/C(=C\c2ccc3c(c2)OCO3)SC1=S)c1ccc2ncsc2c1. The van der Waals surface area contributed by atoms with Gasteiger partial charge in [0.1, 0.15) is 4.32 Å². The number of aromatic nitrogens is 1. The minimum absolute atomic E-state index is 0.173. The van der Waals surface area contributed by atoms with E-state index in [9.17, 15) is 9.59 Å². The van der Waals surface area contributed by atoms with Crippen LogP contribution in [0.2, 0.25) is 0 Å². The Bertz CT molecular complexity index is 1250. The molecule has 1 fully saturated rings. The van der Waals surface area contributed by atoms with Crippen LogP contribution in [0, 0.1) is 0 Å². The molecular weight excluding hydrogens is 454 g/mol. The molecule has 1 aromatic heterocycles. The van der Waals surface area contributed by atoms with Gasteiger partial charge in [-0.05, 0) is 42.0 Å². The van der Waals surface area contributed by atoms with Crippen molar-refractivity contribution in [3.63, 3.8) is 0 Å². The lowest BCUT2D eigenvalue weighted by Crippen LogP contribution is -2.37. The normalized spacial score (nSPS) is 16.5. The molecule has 0 aliphatic carbocycles. The molecule has 2 aliphatic rings. The van der Waals surface area contributed by atoms with Crippen molar-refractivity contribution in [2.24, 2.45) is 0 Å². The van der Waals surface area contributed by atoms with Gasteiger partial charge in [-0.2, -0.15) is 0 Å². The average Bonchev–Trinajstić information content (AvgIpc) is 3.48. The molecule has 5 rings (SSSR count). The van der Waals surface area contributed by atoms with Crippen LogP contribution in [0.15, 0.2) is 46.8 Å². The molecule has 1 saturated heterocycles. The molecule has 0 bridgehead atoms. The van der Waals surface area contributed by atoms with Crippen LogP contribution in [0.3, 0.4) is 0 Å². The standard InChI is InChI=1S/C21H15N3O4S3/c25-19(13-2-3-14-17(9-13)30-10-23-14)22-5-6-24-20(26)18(31-21(24)29)8-12-1-4-15-16(7-12)28-11-27-15/h1-4,7-10H,5-6,11H2,(H,22,25)/b18-8+. The van der Waals surface area contributed by atoms with E-state index in [1.54, 1.807) is 17.7 Å². The van der Waals surface area contributed by atoms with Crippen molar-refractivity contribution in [2.75, 3.05) is 19.9 Å². The van der Waals surface area contributed by atoms with Crippen molar-refractivity contribution in [1.82, 2.24) is 15.2 Å². The molecule has 0 radical (unpaired) electrons. The van der Waals surface area contributed by atoms with Gasteiger partial charge in [0.15, 0.2) is 11.5 Å². The van der Waals surface area contributed by atoms with Gasteiger partial charge in [-0.15, -0.1) is 11.3 Å². The second kappa shape index (κ2) is 8.29. The highest BCUT2D eigenvalue weighted by atomic mass is 32.2. The molecule has 31 heavy (non-hydrogen) atoms. The van der Waals surface area contributed by atoms with Crippen LogP contribution in [0.5, 0.6) is 11.5 Å². The third kappa shape index (κ3) is 4.01. The Labute approximate surface area is 191 Å². The molecule has 3 aromatic rings. The summed E-state index contributed by atoms with van der Waals surface area (Å²) in [7, 11) is 0. The number of carbonyl (C=O) groups excluding carboxylic acids is 2. The average molecular weight is 470 g/mol. The van der Waals surface area contributed by atoms with E-state index in [2.05, 4.69) is 10.3 Å². The van der Waals surface area contributed by atoms with Crippen molar-refractivity contribution >= 4 is 67.7 Å². The van der Waals surface area contributed by atoms with Gasteiger partial charge < -0.3 is 14.8 Å². The summed E-state index contributed by atoms with van der Waals surface area (Å²) in [5, 5.41) is 2.85. The van der Waals surface area contributed by atoms with Gasteiger partial charge >= 0.3 is 0 Å². The first-order valence-electron chi connectivity index (χ1n) is 9.35. The Morgan fingerprint density at radius 2 is 2.10 bits per heavy atom. The third-order valence-electron chi connectivity index (χ3n) is 4.78. The number of nitrogens with zero attached hydrogens (tertiary/aromatic N) is 2. The topological polar surface area (TPSA) is 80.8 Å². The van der Waals surface area contributed by atoms with Gasteiger partial charge in [0, 0.05) is 18.7 Å². The molecular formula is C21H15N3O4S3. The summed E-state index contributed by atoms with van der Waals surface area (Å²) in [6.07, 6.45) is 1.78. The Balaban J connectivity index is 1.21. The Kier molecular flexibility index (Phi) is 5.34. The summed E-state index contributed by atoms with van der Waals surface area (Å²) in [5.41, 5.74) is 4.01.